The maximum absolute atomic E-state index is 6.33. The molecule has 0 amide bonds. The molecule has 0 aliphatic rings. The summed E-state index contributed by atoms with van der Waals surface area (Å²) in [7, 11) is 0. The molecule has 3 aromatic rings. The highest BCUT2D eigenvalue weighted by Gasteiger charge is 2.15. The molecule has 0 fully saturated rings. The zero-order chi connectivity index (χ0) is 14.3. The summed E-state index contributed by atoms with van der Waals surface area (Å²) < 4.78 is 2.00. The van der Waals surface area contributed by atoms with Gasteiger partial charge in [0.05, 0.1) is 27.6 Å². The van der Waals surface area contributed by atoms with Crippen LogP contribution in [0.25, 0.3) is 16.7 Å². The van der Waals surface area contributed by atoms with Gasteiger partial charge < -0.3 is 0 Å². The number of halogens is 3. The predicted molar refractivity (Wildman–Crippen MR) is 85.4 cm³/mol. The van der Waals surface area contributed by atoms with Gasteiger partial charge in [-0.2, -0.15) is 0 Å². The number of nitrogens with zero attached hydrogens (tertiary/aromatic N) is 2. The van der Waals surface area contributed by atoms with Gasteiger partial charge in [-0.3, -0.25) is 4.57 Å². The van der Waals surface area contributed by atoms with Crippen molar-refractivity contribution >= 4 is 45.8 Å². The Morgan fingerprint density at radius 3 is 2.65 bits per heavy atom. The lowest BCUT2D eigenvalue weighted by Gasteiger charge is -2.11. The molecule has 102 valence electrons. The van der Waals surface area contributed by atoms with E-state index >= 15 is 0 Å². The smallest absolute Gasteiger partial charge is 0.129 e. The van der Waals surface area contributed by atoms with Crippen molar-refractivity contribution in [2.75, 3.05) is 0 Å². The maximum atomic E-state index is 6.33. The van der Waals surface area contributed by atoms with Crippen LogP contribution in [-0.4, -0.2) is 9.55 Å². The molecular weight excluding hydrogens is 315 g/mol. The fraction of sp³-hybridized carbons (Fsp3) is 0.133. The van der Waals surface area contributed by atoms with Crippen LogP contribution in [0.5, 0.6) is 0 Å². The number of benzene rings is 2. The summed E-state index contributed by atoms with van der Waals surface area (Å²) in [5.74, 6) is 1.08. The van der Waals surface area contributed by atoms with E-state index in [4.69, 9.17) is 34.8 Å². The van der Waals surface area contributed by atoms with Crippen molar-refractivity contribution in [3.63, 3.8) is 0 Å². The minimum absolute atomic E-state index is 0.313. The van der Waals surface area contributed by atoms with Gasteiger partial charge in [-0.25, -0.2) is 4.98 Å². The number of aryl methyl sites for hydroxylation is 1. The second kappa shape index (κ2) is 5.28. The summed E-state index contributed by atoms with van der Waals surface area (Å²) in [5.41, 5.74) is 3.89. The van der Waals surface area contributed by atoms with Gasteiger partial charge in [0.25, 0.3) is 0 Å². The average molecular weight is 326 g/mol. The van der Waals surface area contributed by atoms with Crippen LogP contribution < -0.4 is 0 Å². The topological polar surface area (TPSA) is 17.8 Å². The van der Waals surface area contributed by atoms with Crippen molar-refractivity contribution < 1.29 is 0 Å². The molecule has 0 saturated carbocycles. The van der Waals surface area contributed by atoms with E-state index < -0.39 is 0 Å². The molecule has 0 N–H and O–H groups in total. The van der Waals surface area contributed by atoms with Crippen LogP contribution in [0.15, 0.2) is 36.4 Å². The second-order valence-electron chi connectivity index (χ2n) is 4.54. The third-order valence-corrected chi connectivity index (χ3v) is 3.99. The van der Waals surface area contributed by atoms with Gasteiger partial charge in [-0.15, -0.1) is 11.6 Å². The van der Waals surface area contributed by atoms with Crippen LogP contribution in [0.4, 0.5) is 0 Å². The molecule has 1 aromatic heterocycles. The molecule has 0 unspecified atom stereocenters. The lowest BCUT2D eigenvalue weighted by molar-refractivity contribution is 0.979. The molecule has 0 atom stereocenters. The van der Waals surface area contributed by atoms with Crippen molar-refractivity contribution in [3.05, 3.63) is 57.8 Å². The number of imidazole rings is 1. The fourth-order valence-corrected chi connectivity index (χ4v) is 3.03. The largest absolute Gasteiger partial charge is 0.294 e. The lowest BCUT2D eigenvalue weighted by Crippen LogP contribution is -2.01. The SMILES string of the molecule is Cc1cccc2nc(CCl)n(-c3ccc(Cl)cc3Cl)c12. The predicted octanol–water partition coefficient (Wildman–Crippen LogP) is 5.38. The Balaban J connectivity index is 2.39. The van der Waals surface area contributed by atoms with Gasteiger partial charge >= 0.3 is 0 Å². The highest BCUT2D eigenvalue weighted by atomic mass is 35.5. The summed E-state index contributed by atoms with van der Waals surface area (Å²) >= 11 is 18.3. The van der Waals surface area contributed by atoms with E-state index in [1.165, 1.54) is 0 Å². The number of rotatable bonds is 2. The van der Waals surface area contributed by atoms with Gasteiger partial charge in [0.2, 0.25) is 0 Å². The third-order valence-electron chi connectivity index (χ3n) is 3.22. The van der Waals surface area contributed by atoms with Crippen LogP contribution in [-0.2, 0) is 5.88 Å². The van der Waals surface area contributed by atoms with Gasteiger partial charge in [-0.1, -0.05) is 35.3 Å². The Bertz CT molecular complexity index is 793. The Hall–Kier alpha value is -1.22. The third kappa shape index (κ3) is 2.18. The van der Waals surface area contributed by atoms with E-state index in [-0.39, 0.29) is 0 Å². The molecule has 3 rings (SSSR count). The molecule has 1 heterocycles. The zero-order valence-corrected chi connectivity index (χ0v) is 13.0. The first-order valence-electron chi connectivity index (χ1n) is 6.10. The molecule has 2 nitrogen and oxygen atoms in total. The summed E-state index contributed by atoms with van der Waals surface area (Å²) in [5, 5.41) is 1.18. The number of fused-ring (bicyclic) bond motifs is 1. The molecule has 0 saturated heterocycles. The molecular formula is C15H11Cl3N2. The zero-order valence-electron chi connectivity index (χ0n) is 10.7. The van der Waals surface area contributed by atoms with Gasteiger partial charge in [0.15, 0.2) is 0 Å². The molecule has 0 radical (unpaired) electrons. The molecule has 0 aliphatic heterocycles. The Morgan fingerprint density at radius 2 is 1.95 bits per heavy atom. The Kier molecular flexibility index (Phi) is 3.63. The maximum Gasteiger partial charge on any atom is 0.129 e. The van der Waals surface area contributed by atoms with Gasteiger partial charge in [0, 0.05) is 5.02 Å². The summed E-state index contributed by atoms with van der Waals surface area (Å²) in [6.45, 7) is 2.04. The second-order valence-corrected chi connectivity index (χ2v) is 5.65. The Morgan fingerprint density at radius 1 is 1.15 bits per heavy atom. The first kappa shape index (κ1) is 13.7. The summed E-state index contributed by atoms with van der Waals surface area (Å²) in [6.07, 6.45) is 0. The van der Waals surface area contributed by atoms with Crippen LogP contribution in [0, 0.1) is 6.92 Å². The van der Waals surface area contributed by atoms with Crippen molar-refractivity contribution in [3.8, 4) is 5.69 Å². The molecule has 20 heavy (non-hydrogen) atoms. The first-order valence-corrected chi connectivity index (χ1v) is 7.39. The normalized spacial score (nSPS) is 11.2. The van der Waals surface area contributed by atoms with Gasteiger partial charge in [0.1, 0.15) is 5.82 Å². The summed E-state index contributed by atoms with van der Waals surface area (Å²) in [4.78, 5) is 4.57. The van der Waals surface area contributed by atoms with Crippen LogP contribution in [0.1, 0.15) is 11.4 Å². The number of hydrogen-bond donors (Lipinski definition) is 0. The van der Waals surface area contributed by atoms with Crippen molar-refractivity contribution in [2.24, 2.45) is 0 Å². The lowest BCUT2D eigenvalue weighted by atomic mass is 10.2. The minimum Gasteiger partial charge on any atom is -0.294 e. The van der Waals surface area contributed by atoms with Crippen LogP contribution in [0.3, 0.4) is 0 Å². The van der Waals surface area contributed by atoms with E-state index in [2.05, 4.69) is 4.98 Å². The quantitative estimate of drug-likeness (QED) is 0.578. The number of hydrogen-bond acceptors (Lipinski definition) is 1. The van der Waals surface area contributed by atoms with E-state index in [0.29, 0.717) is 15.9 Å². The van der Waals surface area contributed by atoms with E-state index in [1.54, 1.807) is 6.07 Å². The monoisotopic (exact) mass is 324 g/mol. The molecule has 2 aromatic carbocycles. The molecule has 0 aliphatic carbocycles. The highest BCUT2D eigenvalue weighted by Crippen LogP contribution is 2.30. The minimum atomic E-state index is 0.313. The van der Waals surface area contributed by atoms with Crippen LogP contribution in [0.2, 0.25) is 10.0 Å². The first-order chi connectivity index (χ1) is 9.61. The van der Waals surface area contributed by atoms with E-state index in [1.807, 2.05) is 41.8 Å². The number of alkyl halides is 1. The molecule has 0 spiro atoms. The van der Waals surface area contributed by atoms with Crippen molar-refractivity contribution in [1.82, 2.24) is 9.55 Å². The standard InChI is InChI=1S/C15H11Cl3N2/c1-9-3-2-4-12-15(9)20(14(8-16)19-12)13-6-5-10(17)7-11(13)18/h2-7H,8H2,1H3. The average Bonchev–Trinajstić information content (AvgIpc) is 2.79. The fourth-order valence-electron chi connectivity index (χ4n) is 2.35. The highest BCUT2D eigenvalue weighted by molar-refractivity contribution is 6.35. The van der Waals surface area contributed by atoms with E-state index in [0.717, 1.165) is 28.1 Å². The number of aromatic nitrogens is 2. The number of para-hydroxylation sites is 1. The van der Waals surface area contributed by atoms with Crippen molar-refractivity contribution in [1.29, 1.82) is 0 Å². The van der Waals surface area contributed by atoms with Gasteiger partial charge in [-0.05, 0) is 36.8 Å². The Labute approximate surface area is 131 Å². The summed E-state index contributed by atoms with van der Waals surface area (Å²) in [6, 6.07) is 11.4. The molecule has 5 heteroatoms. The van der Waals surface area contributed by atoms with Crippen molar-refractivity contribution in [2.45, 2.75) is 12.8 Å². The van der Waals surface area contributed by atoms with Crippen LogP contribution >= 0.6 is 34.8 Å². The van der Waals surface area contributed by atoms with E-state index in [9.17, 15) is 0 Å². The molecule has 0 bridgehead atoms.